The minimum absolute atomic E-state index is 0.00863. The first kappa shape index (κ1) is 16.5. The third-order valence-corrected chi connectivity index (χ3v) is 4.58. The van der Waals surface area contributed by atoms with Gasteiger partial charge in [0.05, 0.1) is 14.6 Å². The van der Waals surface area contributed by atoms with Crippen LogP contribution in [0.4, 0.5) is 11.4 Å². The molecule has 0 unspecified atom stereocenters. The van der Waals surface area contributed by atoms with Gasteiger partial charge in [-0.2, -0.15) is 0 Å². The van der Waals surface area contributed by atoms with Gasteiger partial charge in [-0.15, -0.1) is 0 Å². The molecular formula is C16H10Br2N2O4. The van der Waals surface area contributed by atoms with Crippen LogP contribution >= 0.6 is 31.9 Å². The number of fused-ring (bicyclic) bond motifs is 1. The summed E-state index contributed by atoms with van der Waals surface area (Å²) in [4.78, 5) is 24.5. The van der Waals surface area contributed by atoms with Gasteiger partial charge in [-0.3, -0.25) is 9.59 Å². The zero-order valence-corrected chi connectivity index (χ0v) is 15.1. The number of phenols is 2. The van der Waals surface area contributed by atoms with Gasteiger partial charge in [-0.1, -0.05) is 6.07 Å². The second kappa shape index (κ2) is 6.29. The number of ketones is 1. The van der Waals surface area contributed by atoms with Crippen molar-refractivity contribution in [2.45, 2.75) is 0 Å². The number of benzene rings is 2. The highest BCUT2D eigenvalue weighted by Gasteiger charge is 2.23. The summed E-state index contributed by atoms with van der Waals surface area (Å²) in [5, 5.41) is 24.9. The standard InChI is InChI=1S/C16H10Br2N2O4/c17-8-4-7(5-9(18)15(8)23)13(22)6-11-16(24)20-10-2-1-3-12(21)14(10)19-11/h1-6,19,21,23H,(H,20,24)/b11-6-. The molecule has 1 aliphatic rings. The van der Waals surface area contributed by atoms with E-state index in [1.807, 2.05) is 0 Å². The monoisotopic (exact) mass is 452 g/mol. The molecule has 0 aliphatic carbocycles. The van der Waals surface area contributed by atoms with Crippen LogP contribution in [0.15, 0.2) is 51.1 Å². The summed E-state index contributed by atoms with van der Waals surface area (Å²) in [5.74, 6) is -0.987. The number of anilines is 2. The molecule has 0 radical (unpaired) electrons. The lowest BCUT2D eigenvalue weighted by atomic mass is 10.1. The first-order chi connectivity index (χ1) is 11.4. The van der Waals surface area contributed by atoms with Crippen LogP contribution < -0.4 is 10.6 Å². The van der Waals surface area contributed by atoms with Gasteiger partial charge in [0.2, 0.25) is 0 Å². The first-order valence-corrected chi connectivity index (χ1v) is 8.30. The molecule has 4 N–H and O–H groups in total. The number of carbonyl (C=O) groups excluding carboxylic acids is 2. The number of hydrogen-bond acceptors (Lipinski definition) is 5. The Bertz CT molecular complexity index is 886. The smallest absolute Gasteiger partial charge is 0.272 e. The van der Waals surface area contributed by atoms with Crippen LogP contribution in [-0.4, -0.2) is 21.9 Å². The lowest BCUT2D eigenvalue weighted by molar-refractivity contribution is -0.112. The van der Waals surface area contributed by atoms with E-state index in [9.17, 15) is 19.8 Å². The van der Waals surface area contributed by atoms with Gasteiger partial charge < -0.3 is 20.8 Å². The van der Waals surface area contributed by atoms with Crippen molar-refractivity contribution in [1.82, 2.24) is 0 Å². The zero-order chi connectivity index (χ0) is 17.4. The maximum atomic E-state index is 12.4. The van der Waals surface area contributed by atoms with Crippen LogP contribution in [0.3, 0.4) is 0 Å². The fourth-order valence-corrected chi connectivity index (χ4v) is 3.37. The lowest BCUT2D eigenvalue weighted by Gasteiger charge is -2.21. The first-order valence-electron chi connectivity index (χ1n) is 6.71. The molecule has 122 valence electrons. The summed E-state index contributed by atoms with van der Waals surface area (Å²) in [6, 6.07) is 7.60. The third kappa shape index (κ3) is 3.02. The topological polar surface area (TPSA) is 98.7 Å². The van der Waals surface area contributed by atoms with Gasteiger partial charge in [0, 0.05) is 11.6 Å². The molecule has 3 rings (SSSR count). The quantitative estimate of drug-likeness (QED) is 0.315. The molecule has 0 spiro atoms. The van der Waals surface area contributed by atoms with Crippen LogP contribution in [0.1, 0.15) is 10.4 Å². The van der Waals surface area contributed by atoms with Gasteiger partial charge in [0.25, 0.3) is 5.91 Å². The highest BCUT2D eigenvalue weighted by molar-refractivity contribution is 9.11. The Hall–Kier alpha value is -2.32. The van der Waals surface area contributed by atoms with Crippen LogP contribution in [-0.2, 0) is 4.79 Å². The molecular weight excluding hydrogens is 444 g/mol. The van der Waals surface area contributed by atoms with Gasteiger partial charge in [-0.05, 0) is 56.1 Å². The van der Waals surface area contributed by atoms with Crippen molar-refractivity contribution in [1.29, 1.82) is 0 Å². The average Bonchev–Trinajstić information content (AvgIpc) is 2.53. The fraction of sp³-hybridized carbons (Fsp3) is 0. The van der Waals surface area contributed by atoms with Crippen molar-refractivity contribution in [3.63, 3.8) is 0 Å². The van der Waals surface area contributed by atoms with Crippen molar-refractivity contribution in [3.8, 4) is 11.5 Å². The van der Waals surface area contributed by atoms with Gasteiger partial charge >= 0.3 is 0 Å². The normalized spacial score (nSPS) is 14.8. The molecule has 0 bridgehead atoms. The van der Waals surface area contributed by atoms with Crippen LogP contribution in [0.2, 0.25) is 0 Å². The van der Waals surface area contributed by atoms with Crippen LogP contribution in [0.5, 0.6) is 11.5 Å². The summed E-state index contributed by atoms with van der Waals surface area (Å²) in [7, 11) is 0. The minimum Gasteiger partial charge on any atom is -0.506 e. The molecule has 2 aromatic carbocycles. The molecule has 1 amide bonds. The Kier molecular flexibility index (Phi) is 4.33. The zero-order valence-electron chi connectivity index (χ0n) is 11.9. The summed E-state index contributed by atoms with van der Waals surface area (Å²) in [6.07, 6.45) is 1.13. The van der Waals surface area contributed by atoms with Gasteiger partial charge in [-0.25, -0.2) is 0 Å². The molecule has 0 aromatic heterocycles. The second-order valence-corrected chi connectivity index (χ2v) is 6.70. The maximum Gasteiger partial charge on any atom is 0.272 e. The molecule has 8 heteroatoms. The largest absolute Gasteiger partial charge is 0.506 e. The number of para-hydroxylation sites is 1. The van der Waals surface area contributed by atoms with Crippen molar-refractivity contribution in [2.75, 3.05) is 10.6 Å². The van der Waals surface area contributed by atoms with Crippen molar-refractivity contribution in [3.05, 3.63) is 56.6 Å². The predicted molar refractivity (Wildman–Crippen MR) is 96.3 cm³/mol. The summed E-state index contributed by atoms with van der Waals surface area (Å²) >= 11 is 6.30. The van der Waals surface area contributed by atoms with Crippen molar-refractivity contribution < 1.29 is 19.8 Å². The number of allylic oxidation sites excluding steroid dienone is 1. The van der Waals surface area contributed by atoms with E-state index >= 15 is 0 Å². The van der Waals surface area contributed by atoms with Gasteiger partial charge in [0.1, 0.15) is 22.9 Å². The lowest BCUT2D eigenvalue weighted by Crippen LogP contribution is -2.26. The third-order valence-electron chi connectivity index (χ3n) is 3.37. The van der Waals surface area contributed by atoms with E-state index in [0.29, 0.717) is 20.3 Å². The Morgan fingerprint density at radius 3 is 2.42 bits per heavy atom. The van der Waals surface area contributed by atoms with E-state index in [1.54, 1.807) is 12.1 Å². The molecule has 0 saturated heterocycles. The summed E-state index contributed by atoms with van der Waals surface area (Å²) in [6.45, 7) is 0. The van der Waals surface area contributed by atoms with Crippen molar-refractivity contribution in [2.24, 2.45) is 0 Å². The van der Waals surface area contributed by atoms with Crippen LogP contribution in [0, 0.1) is 0 Å². The summed E-state index contributed by atoms with van der Waals surface area (Å²) < 4.78 is 0.699. The molecule has 6 nitrogen and oxygen atoms in total. The molecule has 0 atom stereocenters. The second-order valence-electron chi connectivity index (χ2n) is 4.99. The average molecular weight is 454 g/mol. The number of amides is 1. The minimum atomic E-state index is -0.488. The maximum absolute atomic E-state index is 12.4. The Balaban J connectivity index is 1.95. The van der Waals surface area contributed by atoms with E-state index < -0.39 is 11.7 Å². The Labute approximate surface area is 153 Å². The molecule has 1 heterocycles. The SMILES string of the molecule is O=C1Nc2cccc(O)c2N/C1=C\C(=O)c1cc(Br)c(O)c(Br)c1. The fourth-order valence-electron chi connectivity index (χ4n) is 2.18. The highest BCUT2D eigenvalue weighted by Crippen LogP contribution is 2.36. The van der Waals surface area contributed by atoms with E-state index in [1.165, 1.54) is 18.2 Å². The molecule has 2 aromatic rings. The molecule has 24 heavy (non-hydrogen) atoms. The molecule has 1 aliphatic heterocycles. The number of hydrogen-bond donors (Lipinski definition) is 4. The Morgan fingerprint density at radius 2 is 1.75 bits per heavy atom. The predicted octanol–water partition coefficient (Wildman–Crippen LogP) is 3.75. The van der Waals surface area contributed by atoms with E-state index in [2.05, 4.69) is 42.5 Å². The Morgan fingerprint density at radius 1 is 1.08 bits per heavy atom. The van der Waals surface area contributed by atoms with E-state index in [-0.39, 0.29) is 22.8 Å². The van der Waals surface area contributed by atoms with Crippen molar-refractivity contribution >= 4 is 54.9 Å². The summed E-state index contributed by atoms with van der Waals surface area (Å²) in [5.41, 5.74) is 1.04. The molecule has 0 saturated carbocycles. The van der Waals surface area contributed by atoms with Gasteiger partial charge in [0.15, 0.2) is 5.78 Å². The number of phenolic OH excluding ortho intramolecular Hbond substituents is 2. The highest BCUT2D eigenvalue weighted by atomic mass is 79.9. The van der Waals surface area contributed by atoms with Crippen LogP contribution in [0.25, 0.3) is 0 Å². The number of rotatable bonds is 2. The number of aromatic hydroxyl groups is 2. The number of carbonyl (C=O) groups is 2. The number of halogens is 2. The number of nitrogens with one attached hydrogen (secondary N) is 2. The molecule has 0 fully saturated rings. The van der Waals surface area contributed by atoms with E-state index in [4.69, 9.17) is 0 Å². The van der Waals surface area contributed by atoms with E-state index in [0.717, 1.165) is 6.08 Å².